The lowest BCUT2D eigenvalue weighted by Gasteiger charge is -2.27. The summed E-state index contributed by atoms with van der Waals surface area (Å²) in [7, 11) is 1.31. The van der Waals surface area contributed by atoms with E-state index in [0.29, 0.717) is 18.8 Å². The molecule has 1 saturated heterocycles. The van der Waals surface area contributed by atoms with Crippen LogP contribution in [0.1, 0.15) is 38.8 Å². The maximum absolute atomic E-state index is 12.4. The number of methoxy groups -OCH3 is 1. The van der Waals surface area contributed by atoms with Crippen molar-refractivity contribution in [2.24, 2.45) is 0 Å². The van der Waals surface area contributed by atoms with E-state index in [1.165, 1.54) is 12.0 Å². The molecule has 0 radical (unpaired) electrons. The highest BCUT2D eigenvalue weighted by atomic mass is 16.6. The van der Waals surface area contributed by atoms with Crippen molar-refractivity contribution in [1.29, 1.82) is 0 Å². The summed E-state index contributed by atoms with van der Waals surface area (Å²) >= 11 is 0. The molecule has 2 heterocycles. The van der Waals surface area contributed by atoms with Gasteiger partial charge in [0.15, 0.2) is 0 Å². The summed E-state index contributed by atoms with van der Waals surface area (Å²) in [5, 5.41) is 0. The molecule has 0 spiro atoms. The lowest BCUT2D eigenvalue weighted by Crippen LogP contribution is -2.43. The lowest BCUT2D eigenvalue weighted by molar-refractivity contribution is -0.145. The first kappa shape index (κ1) is 17.1. The zero-order valence-electron chi connectivity index (χ0n) is 13.9. The molecular weight excluding hydrogens is 298 g/mol. The minimum Gasteiger partial charge on any atom is -0.467 e. The number of aromatic nitrogens is 1. The van der Waals surface area contributed by atoms with Gasteiger partial charge in [-0.1, -0.05) is 6.07 Å². The number of pyridine rings is 1. The molecule has 0 aromatic carbocycles. The van der Waals surface area contributed by atoms with Gasteiger partial charge in [0.2, 0.25) is 0 Å². The van der Waals surface area contributed by atoms with Gasteiger partial charge in [0.05, 0.1) is 7.11 Å². The second-order valence-corrected chi connectivity index (χ2v) is 6.59. The Morgan fingerprint density at radius 2 is 2.04 bits per heavy atom. The van der Waals surface area contributed by atoms with Gasteiger partial charge in [-0.25, -0.2) is 14.6 Å². The minimum atomic E-state index is -0.678. The van der Waals surface area contributed by atoms with E-state index in [4.69, 9.17) is 15.2 Å². The van der Waals surface area contributed by atoms with E-state index >= 15 is 0 Å². The number of amides is 1. The zero-order valence-corrected chi connectivity index (χ0v) is 13.9. The highest BCUT2D eigenvalue weighted by Crippen LogP contribution is 2.32. The molecule has 1 aromatic heterocycles. The van der Waals surface area contributed by atoms with Crippen LogP contribution in [-0.4, -0.2) is 47.2 Å². The van der Waals surface area contributed by atoms with Gasteiger partial charge < -0.3 is 15.2 Å². The van der Waals surface area contributed by atoms with E-state index in [2.05, 4.69) is 4.98 Å². The van der Waals surface area contributed by atoms with Gasteiger partial charge in [-0.15, -0.1) is 0 Å². The zero-order chi connectivity index (χ0) is 17.2. The van der Waals surface area contributed by atoms with E-state index in [-0.39, 0.29) is 5.92 Å². The van der Waals surface area contributed by atoms with Crippen LogP contribution < -0.4 is 5.73 Å². The molecule has 7 nitrogen and oxygen atoms in total. The Labute approximate surface area is 135 Å². The van der Waals surface area contributed by atoms with E-state index in [1.54, 1.807) is 32.9 Å². The van der Waals surface area contributed by atoms with Crippen LogP contribution in [0.25, 0.3) is 0 Å². The number of rotatable bonds is 2. The predicted octanol–water partition coefficient (Wildman–Crippen LogP) is 1.93. The number of nitrogens with zero attached hydrogens (tertiary/aromatic N) is 2. The summed E-state index contributed by atoms with van der Waals surface area (Å²) in [5.41, 5.74) is 5.84. The highest BCUT2D eigenvalue weighted by Gasteiger charge is 2.43. The number of esters is 1. The van der Waals surface area contributed by atoms with Crippen molar-refractivity contribution in [2.75, 3.05) is 19.4 Å². The number of likely N-dealkylation sites (tertiary alicyclic amines) is 1. The van der Waals surface area contributed by atoms with Gasteiger partial charge in [-0.2, -0.15) is 0 Å². The maximum atomic E-state index is 12.4. The smallest absolute Gasteiger partial charge is 0.411 e. The third kappa shape index (κ3) is 4.12. The van der Waals surface area contributed by atoms with Gasteiger partial charge in [-0.05, 0) is 39.3 Å². The molecule has 2 N–H and O–H groups in total. The molecule has 23 heavy (non-hydrogen) atoms. The Hall–Kier alpha value is -2.31. The fourth-order valence-corrected chi connectivity index (χ4v) is 2.63. The molecule has 1 aliphatic rings. The van der Waals surface area contributed by atoms with Crippen molar-refractivity contribution in [3.8, 4) is 0 Å². The van der Waals surface area contributed by atoms with Crippen LogP contribution in [0.2, 0.25) is 0 Å². The Morgan fingerprint density at radius 1 is 1.35 bits per heavy atom. The molecule has 1 fully saturated rings. The fourth-order valence-electron chi connectivity index (χ4n) is 2.63. The molecule has 2 atom stereocenters. The molecule has 1 aromatic rings. The first-order valence-corrected chi connectivity index (χ1v) is 7.51. The average Bonchev–Trinajstić information content (AvgIpc) is 2.90. The first-order chi connectivity index (χ1) is 10.7. The summed E-state index contributed by atoms with van der Waals surface area (Å²) in [6, 6.07) is 4.67. The molecule has 2 rings (SSSR count). The number of ether oxygens (including phenoxy) is 2. The summed E-state index contributed by atoms with van der Waals surface area (Å²) in [6.07, 6.45) is -0.0955. The van der Waals surface area contributed by atoms with Gasteiger partial charge in [0, 0.05) is 18.2 Å². The number of hydrogen-bond acceptors (Lipinski definition) is 6. The number of nitrogens with two attached hydrogens (primary N) is 1. The van der Waals surface area contributed by atoms with Crippen LogP contribution in [0.15, 0.2) is 18.2 Å². The van der Waals surface area contributed by atoms with Crippen LogP contribution >= 0.6 is 0 Å². The van der Waals surface area contributed by atoms with E-state index in [1.807, 2.05) is 6.07 Å². The topological polar surface area (TPSA) is 94.8 Å². The van der Waals surface area contributed by atoms with Crippen LogP contribution in [-0.2, 0) is 14.3 Å². The van der Waals surface area contributed by atoms with Gasteiger partial charge in [0.1, 0.15) is 17.5 Å². The van der Waals surface area contributed by atoms with Crippen molar-refractivity contribution >= 4 is 17.9 Å². The largest absolute Gasteiger partial charge is 0.467 e. The van der Waals surface area contributed by atoms with Crippen molar-refractivity contribution in [1.82, 2.24) is 9.88 Å². The van der Waals surface area contributed by atoms with E-state index in [0.717, 1.165) is 5.69 Å². The number of carbonyl (C=O) groups excluding carboxylic acids is 2. The van der Waals surface area contributed by atoms with Gasteiger partial charge >= 0.3 is 12.1 Å². The van der Waals surface area contributed by atoms with Crippen molar-refractivity contribution in [3.63, 3.8) is 0 Å². The van der Waals surface area contributed by atoms with Crippen LogP contribution in [0, 0.1) is 0 Å². The number of carbonyl (C=O) groups is 2. The predicted molar refractivity (Wildman–Crippen MR) is 84.8 cm³/mol. The Kier molecular flexibility index (Phi) is 4.77. The van der Waals surface area contributed by atoms with Crippen LogP contribution in [0.4, 0.5) is 10.6 Å². The van der Waals surface area contributed by atoms with Gasteiger partial charge in [0.25, 0.3) is 0 Å². The summed E-state index contributed by atoms with van der Waals surface area (Å²) in [4.78, 5) is 30.1. The quantitative estimate of drug-likeness (QED) is 0.836. The normalized spacial score (nSPS) is 21.1. The molecule has 7 heteroatoms. The van der Waals surface area contributed by atoms with Crippen LogP contribution in [0.5, 0.6) is 0 Å². The number of hydrogen-bond donors (Lipinski definition) is 1. The molecule has 0 unspecified atom stereocenters. The average molecular weight is 321 g/mol. The summed E-state index contributed by atoms with van der Waals surface area (Å²) < 4.78 is 10.2. The maximum Gasteiger partial charge on any atom is 0.411 e. The molecule has 0 aliphatic carbocycles. The Balaban J connectivity index is 2.22. The summed E-state index contributed by atoms with van der Waals surface area (Å²) in [6.45, 7) is 5.69. The van der Waals surface area contributed by atoms with Crippen molar-refractivity contribution < 1.29 is 19.1 Å². The molecular formula is C16H23N3O4. The second-order valence-electron chi connectivity index (χ2n) is 6.59. The van der Waals surface area contributed by atoms with Crippen molar-refractivity contribution in [3.05, 3.63) is 23.9 Å². The van der Waals surface area contributed by atoms with E-state index in [9.17, 15) is 9.59 Å². The number of anilines is 1. The Morgan fingerprint density at radius 3 is 2.61 bits per heavy atom. The standard InChI is InChI=1S/C16H23N3O4/c1-16(2,3)23-15(21)19-9-10(8-12(19)14(20)22-4)11-6-5-7-13(17)18-11/h5-7,10,12H,8-9H2,1-4H3,(H2,17,18)/t10-,12+/m1/s1. The number of nitrogen functional groups attached to an aromatic ring is 1. The molecule has 126 valence electrons. The molecule has 1 amide bonds. The lowest BCUT2D eigenvalue weighted by atomic mass is 10.0. The Bertz CT molecular complexity index is 597. The van der Waals surface area contributed by atoms with Crippen molar-refractivity contribution in [2.45, 2.75) is 44.8 Å². The minimum absolute atomic E-state index is 0.0879. The molecule has 1 aliphatic heterocycles. The monoisotopic (exact) mass is 321 g/mol. The molecule has 0 bridgehead atoms. The fraction of sp³-hybridized carbons (Fsp3) is 0.562. The third-order valence-electron chi connectivity index (χ3n) is 3.61. The SMILES string of the molecule is COC(=O)[C@@H]1C[C@@H](c2cccc(N)n2)CN1C(=O)OC(C)(C)C. The second kappa shape index (κ2) is 6.44. The summed E-state index contributed by atoms with van der Waals surface area (Å²) in [5.74, 6) is -0.134. The molecule has 0 saturated carbocycles. The third-order valence-corrected chi connectivity index (χ3v) is 3.61. The first-order valence-electron chi connectivity index (χ1n) is 7.51. The van der Waals surface area contributed by atoms with E-state index < -0.39 is 23.7 Å². The highest BCUT2D eigenvalue weighted by molar-refractivity contribution is 5.82. The van der Waals surface area contributed by atoms with Crippen LogP contribution in [0.3, 0.4) is 0 Å². The van der Waals surface area contributed by atoms with Gasteiger partial charge in [-0.3, -0.25) is 4.90 Å².